The number of pyridine rings is 1. The maximum Gasteiger partial charge on any atom is 0.270 e. The number of rotatable bonds is 6. The lowest BCUT2D eigenvalue weighted by Gasteiger charge is -2.37. The molecule has 138 valence electrons. The molecule has 0 radical (unpaired) electrons. The fourth-order valence-electron chi connectivity index (χ4n) is 3.50. The Bertz CT molecular complexity index is 730. The predicted octanol–water partition coefficient (Wildman–Crippen LogP) is 3.79. The van der Waals surface area contributed by atoms with Crippen LogP contribution in [0.1, 0.15) is 48.7 Å². The van der Waals surface area contributed by atoms with Gasteiger partial charge in [-0.3, -0.25) is 9.78 Å². The molecule has 1 amide bonds. The molecule has 2 heterocycles. The maximum atomic E-state index is 12.5. The zero-order valence-electron chi connectivity index (χ0n) is 15.6. The van der Waals surface area contributed by atoms with E-state index in [1.54, 1.807) is 13.3 Å². The highest BCUT2D eigenvalue weighted by Gasteiger charge is 2.22. The van der Waals surface area contributed by atoms with Crippen LogP contribution in [0.5, 0.6) is 5.75 Å². The molecule has 5 heteroatoms. The van der Waals surface area contributed by atoms with Crippen LogP contribution in [0.25, 0.3) is 0 Å². The van der Waals surface area contributed by atoms with Crippen LogP contribution in [0.3, 0.4) is 0 Å². The van der Waals surface area contributed by atoms with Gasteiger partial charge in [-0.15, -0.1) is 0 Å². The van der Waals surface area contributed by atoms with Gasteiger partial charge < -0.3 is 15.0 Å². The minimum Gasteiger partial charge on any atom is -0.497 e. The van der Waals surface area contributed by atoms with Crippen LogP contribution in [-0.4, -0.2) is 30.6 Å². The molecule has 0 bridgehead atoms. The van der Waals surface area contributed by atoms with Crippen molar-refractivity contribution in [2.24, 2.45) is 0 Å². The molecule has 0 spiro atoms. The van der Waals surface area contributed by atoms with E-state index >= 15 is 0 Å². The maximum absolute atomic E-state index is 12.5. The molecule has 1 aliphatic heterocycles. The lowest BCUT2D eigenvalue weighted by molar-refractivity contribution is 0.0946. The highest BCUT2D eigenvalue weighted by atomic mass is 16.5. The van der Waals surface area contributed by atoms with Crippen LogP contribution in [0.4, 0.5) is 5.69 Å². The van der Waals surface area contributed by atoms with Crippen molar-refractivity contribution in [2.45, 2.75) is 45.2 Å². The standard InChI is InChI=1S/C21H27N3O2/c1-3-17-6-4-5-13-24(17)18-11-12-22-20(14-18)21(25)23-15-16-7-9-19(26-2)10-8-16/h7-12,14,17H,3-6,13,15H2,1-2H3,(H,23,25). The van der Waals surface area contributed by atoms with Gasteiger partial charge in [-0.2, -0.15) is 0 Å². The number of methoxy groups -OCH3 is 1. The average molecular weight is 353 g/mol. The Morgan fingerprint density at radius 1 is 1.27 bits per heavy atom. The summed E-state index contributed by atoms with van der Waals surface area (Å²) in [5.74, 6) is 0.661. The second-order valence-corrected chi connectivity index (χ2v) is 6.68. The van der Waals surface area contributed by atoms with E-state index in [1.807, 2.05) is 36.4 Å². The first-order valence-corrected chi connectivity index (χ1v) is 9.35. The molecule has 3 rings (SSSR count). The number of hydrogen-bond donors (Lipinski definition) is 1. The van der Waals surface area contributed by atoms with Crippen LogP contribution in [0.2, 0.25) is 0 Å². The molecule has 0 aliphatic carbocycles. The molecule has 1 saturated heterocycles. The summed E-state index contributed by atoms with van der Waals surface area (Å²) in [4.78, 5) is 19.2. The van der Waals surface area contributed by atoms with Crippen molar-refractivity contribution < 1.29 is 9.53 Å². The van der Waals surface area contributed by atoms with Crippen molar-refractivity contribution in [3.8, 4) is 5.75 Å². The van der Waals surface area contributed by atoms with Crippen LogP contribution < -0.4 is 15.0 Å². The third-order valence-electron chi connectivity index (χ3n) is 5.02. The molecule has 1 aromatic heterocycles. The van der Waals surface area contributed by atoms with Crippen molar-refractivity contribution >= 4 is 11.6 Å². The second-order valence-electron chi connectivity index (χ2n) is 6.68. The molecule has 26 heavy (non-hydrogen) atoms. The number of amides is 1. The number of aromatic nitrogens is 1. The van der Waals surface area contributed by atoms with E-state index < -0.39 is 0 Å². The molecule has 5 nitrogen and oxygen atoms in total. The van der Waals surface area contributed by atoms with Crippen molar-refractivity contribution in [3.05, 3.63) is 53.9 Å². The fraction of sp³-hybridized carbons (Fsp3) is 0.429. The summed E-state index contributed by atoms with van der Waals surface area (Å²) in [6.07, 6.45) is 6.57. The second kappa shape index (κ2) is 8.70. The first-order valence-electron chi connectivity index (χ1n) is 9.35. The van der Waals surface area contributed by atoms with E-state index in [0.29, 0.717) is 18.3 Å². The SMILES string of the molecule is CCC1CCCCN1c1ccnc(C(=O)NCc2ccc(OC)cc2)c1. The summed E-state index contributed by atoms with van der Waals surface area (Å²) >= 11 is 0. The molecule has 1 aromatic carbocycles. The summed E-state index contributed by atoms with van der Waals surface area (Å²) in [5.41, 5.74) is 2.59. The minimum atomic E-state index is -0.146. The number of benzene rings is 1. The smallest absolute Gasteiger partial charge is 0.270 e. The predicted molar refractivity (Wildman–Crippen MR) is 104 cm³/mol. The first-order chi connectivity index (χ1) is 12.7. The average Bonchev–Trinajstić information content (AvgIpc) is 2.72. The number of nitrogens with zero attached hydrogens (tertiary/aromatic N) is 2. The van der Waals surface area contributed by atoms with Gasteiger partial charge in [0.25, 0.3) is 5.91 Å². The Morgan fingerprint density at radius 2 is 2.08 bits per heavy atom. The van der Waals surface area contributed by atoms with Gasteiger partial charge in [-0.25, -0.2) is 0 Å². The largest absolute Gasteiger partial charge is 0.497 e. The van der Waals surface area contributed by atoms with Crippen LogP contribution in [0.15, 0.2) is 42.6 Å². The Hall–Kier alpha value is -2.56. The van der Waals surface area contributed by atoms with Gasteiger partial charge in [0.1, 0.15) is 11.4 Å². The van der Waals surface area contributed by atoms with Crippen LogP contribution in [-0.2, 0) is 6.54 Å². The summed E-state index contributed by atoms with van der Waals surface area (Å²) in [7, 11) is 1.64. The molecule has 0 saturated carbocycles. The van der Waals surface area contributed by atoms with Crippen molar-refractivity contribution in [1.82, 2.24) is 10.3 Å². The van der Waals surface area contributed by atoms with Gasteiger partial charge in [0.05, 0.1) is 7.11 Å². The Kier molecular flexibility index (Phi) is 6.10. The fourth-order valence-corrected chi connectivity index (χ4v) is 3.50. The first kappa shape index (κ1) is 18.2. The Balaban J connectivity index is 1.65. The zero-order chi connectivity index (χ0) is 18.4. The van der Waals surface area contributed by atoms with Crippen LogP contribution >= 0.6 is 0 Å². The lowest BCUT2D eigenvalue weighted by Crippen LogP contribution is -2.39. The summed E-state index contributed by atoms with van der Waals surface area (Å²) in [6.45, 7) is 3.75. The molecule has 1 fully saturated rings. The highest BCUT2D eigenvalue weighted by molar-refractivity contribution is 5.93. The summed E-state index contributed by atoms with van der Waals surface area (Å²) < 4.78 is 5.15. The molecular formula is C21H27N3O2. The normalized spacial score (nSPS) is 17.0. The third-order valence-corrected chi connectivity index (χ3v) is 5.02. The third kappa shape index (κ3) is 4.34. The topological polar surface area (TPSA) is 54.5 Å². The Labute approximate surface area is 155 Å². The highest BCUT2D eigenvalue weighted by Crippen LogP contribution is 2.26. The molecule has 1 aliphatic rings. The van der Waals surface area contributed by atoms with E-state index in [4.69, 9.17) is 4.74 Å². The van der Waals surface area contributed by atoms with Gasteiger partial charge in [-0.1, -0.05) is 19.1 Å². The van der Waals surface area contributed by atoms with E-state index in [-0.39, 0.29) is 5.91 Å². The minimum absolute atomic E-state index is 0.146. The van der Waals surface area contributed by atoms with Gasteiger partial charge >= 0.3 is 0 Å². The number of nitrogens with one attached hydrogen (secondary N) is 1. The lowest BCUT2D eigenvalue weighted by atomic mass is 9.99. The Morgan fingerprint density at radius 3 is 2.81 bits per heavy atom. The number of hydrogen-bond acceptors (Lipinski definition) is 4. The molecule has 2 aromatic rings. The van der Waals surface area contributed by atoms with Gasteiger partial charge in [0, 0.05) is 31.0 Å². The molecular weight excluding hydrogens is 326 g/mol. The number of piperidine rings is 1. The molecule has 1 N–H and O–H groups in total. The number of carbonyl (C=O) groups excluding carboxylic acids is 1. The van der Waals surface area contributed by atoms with E-state index in [9.17, 15) is 4.79 Å². The summed E-state index contributed by atoms with van der Waals surface area (Å²) in [5, 5.41) is 2.95. The van der Waals surface area contributed by atoms with Gasteiger partial charge in [0.2, 0.25) is 0 Å². The number of anilines is 1. The van der Waals surface area contributed by atoms with Gasteiger partial charge in [-0.05, 0) is 55.5 Å². The number of carbonyl (C=O) groups is 1. The van der Waals surface area contributed by atoms with Crippen molar-refractivity contribution in [2.75, 3.05) is 18.6 Å². The van der Waals surface area contributed by atoms with E-state index in [0.717, 1.165) is 30.0 Å². The van der Waals surface area contributed by atoms with Crippen molar-refractivity contribution in [1.29, 1.82) is 0 Å². The summed E-state index contributed by atoms with van der Waals surface area (Å²) in [6, 6.07) is 12.2. The quantitative estimate of drug-likeness (QED) is 0.858. The monoisotopic (exact) mass is 353 g/mol. The number of ether oxygens (including phenoxy) is 1. The van der Waals surface area contributed by atoms with E-state index in [2.05, 4.69) is 22.1 Å². The van der Waals surface area contributed by atoms with Crippen LogP contribution in [0, 0.1) is 0 Å². The molecule has 1 unspecified atom stereocenters. The van der Waals surface area contributed by atoms with E-state index in [1.165, 1.54) is 19.3 Å². The van der Waals surface area contributed by atoms with Crippen molar-refractivity contribution in [3.63, 3.8) is 0 Å². The van der Waals surface area contributed by atoms with Gasteiger partial charge in [0.15, 0.2) is 0 Å². The molecule has 1 atom stereocenters. The zero-order valence-corrected chi connectivity index (χ0v) is 15.6.